The highest BCUT2D eigenvalue weighted by atomic mass is 16.2. The second-order valence-corrected chi connectivity index (χ2v) is 8.83. The van der Waals surface area contributed by atoms with Crippen molar-refractivity contribution >= 4 is 5.91 Å². The molecule has 0 radical (unpaired) electrons. The van der Waals surface area contributed by atoms with Crippen LogP contribution in [0.15, 0.2) is 0 Å². The monoisotopic (exact) mass is 349 g/mol. The maximum atomic E-state index is 12.8. The van der Waals surface area contributed by atoms with Crippen LogP contribution in [0, 0.1) is 17.8 Å². The van der Waals surface area contributed by atoms with Gasteiger partial charge >= 0.3 is 0 Å². The van der Waals surface area contributed by atoms with Crippen LogP contribution in [-0.2, 0) is 4.79 Å². The first-order chi connectivity index (χ1) is 12.2. The molecule has 1 saturated carbocycles. The van der Waals surface area contributed by atoms with Gasteiger partial charge in [-0.05, 0) is 69.5 Å². The summed E-state index contributed by atoms with van der Waals surface area (Å²) in [5.41, 5.74) is 0. The molecule has 1 aliphatic carbocycles. The van der Waals surface area contributed by atoms with Crippen LogP contribution in [0.5, 0.6) is 0 Å². The Bertz CT molecular complexity index is 402. The number of hydrogen-bond acceptors (Lipinski definition) is 3. The van der Waals surface area contributed by atoms with Crippen molar-refractivity contribution in [3.8, 4) is 0 Å². The third kappa shape index (κ3) is 5.96. The lowest BCUT2D eigenvalue weighted by molar-refractivity contribution is -0.132. The standard InChI is InChI=1S/C21H39N3O/c1-18(20-9-5-10-22-16-20)15-21(25)24-12-6-11-23(13-14-24)17-19-7-3-2-4-8-19/h18-20,22H,2-17H2,1H3. The van der Waals surface area contributed by atoms with Crippen molar-refractivity contribution in [2.45, 2.75) is 64.7 Å². The fourth-order valence-electron chi connectivity index (χ4n) is 5.07. The molecule has 0 aromatic rings. The molecule has 0 spiro atoms. The van der Waals surface area contributed by atoms with Gasteiger partial charge in [-0.3, -0.25) is 4.79 Å². The highest BCUT2D eigenvalue weighted by Crippen LogP contribution is 2.25. The number of carbonyl (C=O) groups is 1. The topological polar surface area (TPSA) is 35.6 Å². The van der Waals surface area contributed by atoms with Crippen molar-refractivity contribution < 1.29 is 4.79 Å². The fourth-order valence-corrected chi connectivity index (χ4v) is 5.07. The van der Waals surface area contributed by atoms with Crippen molar-refractivity contribution in [2.24, 2.45) is 17.8 Å². The molecule has 2 heterocycles. The van der Waals surface area contributed by atoms with Gasteiger partial charge in [-0.1, -0.05) is 26.2 Å². The Labute approximate surface area is 154 Å². The summed E-state index contributed by atoms with van der Waals surface area (Å²) in [6.07, 6.45) is 11.6. The molecule has 144 valence electrons. The van der Waals surface area contributed by atoms with Crippen LogP contribution in [0.2, 0.25) is 0 Å². The fraction of sp³-hybridized carbons (Fsp3) is 0.952. The van der Waals surface area contributed by atoms with Gasteiger partial charge in [0.25, 0.3) is 0 Å². The summed E-state index contributed by atoms with van der Waals surface area (Å²) in [6, 6.07) is 0. The maximum absolute atomic E-state index is 12.8. The molecule has 2 atom stereocenters. The zero-order valence-electron chi connectivity index (χ0n) is 16.3. The van der Waals surface area contributed by atoms with E-state index >= 15 is 0 Å². The lowest BCUT2D eigenvalue weighted by Crippen LogP contribution is -2.39. The normalized spacial score (nSPS) is 28.5. The molecule has 4 heteroatoms. The van der Waals surface area contributed by atoms with Crippen LogP contribution in [-0.4, -0.2) is 61.5 Å². The van der Waals surface area contributed by atoms with E-state index in [1.54, 1.807) is 0 Å². The molecular weight excluding hydrogens is 310 g/mol. The van der Waals surface area contributed by atoms with Gasteiger partial charge in [-0.25, -0.2) is 0 Å². The van der Waals surface area contributed by atoms with E-state index in [1.807, 2.05) is 0 Å². The minimum absolute atomic E-state index is 0.401. The molecule has 0 aromatic heterocycles. The van der Waals surface area contributed by atoms with Crippen molar-refractivity contribution in [3.05, 3.63) is 0 Å². The van der Waals surface area contributed by atoms with Crippen LogP contribution in [0.25, 0.3) is 0 Å². The van der Waals surface area contributed by atoms with Gasteiger partial charge < -0.3 is 15.1 Å². The molecule has 3 rings (SSSR count). The maximum Gasteiger partial charge on any atom is 0.222 e. The number of carbonyl (C=O) groups excluding carboxylic acids is 1. The van der Waals surface area contributed by atoms with Crippen molar-refractivity contribution in [3.63, 3.8) is 0 Å². The van der Waals surface area contributed by atoms with Gasteiger partial charge in [-0.15, -0.1) is 0 Å². The largest absolute Gasteiger partial charge is 0.341 e. The third-order valence-electron chi connectivity index (χ3n) is 6.82. The van der Waals surface area contributed by atoms with Gasteiger partial charge in [0.1, 0.15) is 0 Å². The van der Waals surface area contributed by atoms with E-state index < -0.39 is 0 Å². The summed E-state index contributed by atoms with van der Waals surface area (Å²) in [4.78, 5) is 17.6. The minimum atomic E-state index is 0.401. The molecule has 4 nitrogen and oxygen atoms in total. The summed E-state index contributed by atoms with van der Waals surface area (Å²) in [5, 5.41) is 3.49. The van der Waals surface area contributed by atoms with Gasteiger partial charge in [0.2, 0.25) is 5.91 Å². The average Bonchev–Trinajstić information content (AvgIpc) is 2.89. The number of nitrogens with one attached hydrogen (secondary N) is 1. The molecule has 3 fully saturated rings. The van der Waals surface area contributed by atoms with Crippen LogP contribution in [0.1, 0.15) is 64.7 Å². The molecule has 0 aromatic carbocycles. The Balaban J connectivity index is 1.41. The number of nitrogens with zero attached hydrogens (tertiary/aromatic N) is 2. The van der Waals surface area contributed by atoms with Crippen molar-refractivity contribution in [1.29, 1.82) is 0 Å². The highest BCUT2D eigenvalue weighted by Gasteiger charge is 2.26. The zero-order valence-corrected chi connectivity index (χ0v) is 16.3. The lowest BCUT2D eigenvalue weighted by atomic mass is 9.85. The predicted molar refractivity (Wildman–Crippen MR) is 104 cm³/mol. The summed E-state index contributed by atoms with van der Waals surface area (Å²) in [5.74, 6) is 2.52. The third-order valence-corrected chi connectivity index (χ3v) is 6.82. The predicted octanol–water partition coefficient (Wildman–Crippen LogP) is 3.13. The summed E-state index contributed by atoms with van der Waals surface area (Å²) in [7, 11) is 0. The highest BCUT2D eigenvalue weighted by molar-refractivity contribution is 5.76. The lowest BCUT2D eigenvalue weighted by Gasteiger charge is -2.30. The molecule has 2 saturated heterocycles. The van der Waals surface area contributed by atoms with Gasteiger partial charge in [0.15, 0.2) is 0 Å². The molecule has 2 aliphatic heterocycles. The van der Waals surface area contributed by atoms with E-state index in [-0.39, 0.29) is 0 Å². The van der Waals surface area contributed by atoms with E-state index in [9.17, 15) is 4.79 Å². The van der Waals surface area contributed by atoms with Gasteiger partial charge in [-0.2, -0.15) is 0 Å². The minimum Gasteiger partial charge on any atom is -0.341 e. The molecule has 25 heavy (non-hydrogen) atoms. The molecular formula is C21H39N3O. The van der Waals surface area contributed by atoms with E-state index in [4.69, 9.17) is 0 Å². The number of amides is 1. The van der Waals surface area contributed by atoms with Crippen LogP contribution >= 0.6 is 0 Å². The van der Waals surface area contributed by atoms with E-state index in [0.29, 0.717) is 17.7 Å². The second kappa shape index (κ2) is 9.91. The number of rotatable bonds is 5. The van der Waals surface area contributed by atoms with Crippen molar-refractivity contribution in [1.82, 2.24) is 15.1 Å². The Morgan fingerprint density at radius 2 is 1.84 bits per heavy atom. The Morgan fingerprint density at radius 1 is 1.00 bits per heavy atom. The molecule has 2 unspecified atom stereocenters. The van der Waals surface area contributed by atoms with Crippen LogP contribution in [0.4, 0.5) is 0 Å². The van der Waals surface area contributed by atoms with E-state index in [2.05, 4.69) is 22.0 Å². The SMILES string of the molecule is CC(CC(=O)N1CCCN(CC2CCCCC2)CC1)C1CCCNC1. The summed E-state index contributed by atoms with van der Waals surface area (Å²) < 4.78 is 0. The average molecular weight is 350 g/mol. The Morgan fingerprint density at radius 3 is 2.60 bits per heavy atom. The summed E-state index contributed by atoms with van der Waals surface area (Å²) >= 11 is 0. The van der Waals surface area contributed by atoms with E-state index in [0.717, 1.165) is 51.5 Å². The number of hydrogen-bond donors (Lipinski definition) is 1. The first-order valence-electron chi connectivity index (χ1n) is 10.9. The van der Waals surface area contributed by atoms with Crippen LogP contribution in [0.3, 0.4) is 0 Å². The second-order valence-electron chi connectivity index (χ2n) is 8.83. The molecule has 1 amide bonds. The van der Waals surface area contributed by atoms with Crippen molar-refractivity contribution in [2.75, 3.05) is 45.8 Å². The van der Waals surface area contributed by atoms with E-state index in [1.165, 1.54) is 58.0 Å². The zero-order chi connectivity index (χ0) is 17.5. The van der Waals surface area contributed by atoms with Crippen LogP contribution < -0.4 is 5.32 Å². The molecule has 1 N–H and O–H groups in total. The smallest absolute Gasteiger partial charge is 0.222 e. The number of piperidine rings is 1. The summed E-state index contributed by atoms with van der Waals surface area (Å²) in [6.45, 7) is 9.99. The first-order valence-corrected chi connectivity index (χ1v) is 10.9. The van der Waals surface area contributed by atoms with Gasteiger partial charge in [0, 0.05) is 32.6 Å². The Kier molecular flexibility index (Phi) is 7.60. The Hall–Kier alpha value is -0.610. The first kappa shape index (κ1) is 19.2. The molecule has 0 bridgehead atoms. The van der Waals surface area contributed by atoms with Gasteiger partial charge in [0.05, 0.1) is 0 Å². The quantitative estimate of drug-likeness (QED) is 0.828. The molecule has 3 aliphatic rings.